The van der Waals surface area contributed by atoms with Gasteiger partial charge in [-0.15, -0.1) is 0 Å². The van der Waals surface area contributed by atoms with E-state index < -0.39 is 0 Å². The van der Waals surface area contributed by atoms with Crippen molar-refractivity contribution in [2.24, 2.45) is 0 Å². The van der Waals surface area contributed by atoms with Crippen molar-refractivity contribution in [3.8, 4) is 22.3 Å². The Morgan fingerprint density at radius 1 is 0.485 bits per heavy atom. The predicted molar refractivity (Wildman–Crippen MR) is 138 cm³/mol. The maximum absolute atomic E-state index is 2.44. The van der Waals surface area contributed by atoms with E-state index in [0.29, 0.717) is 5.92 Å². The second-order valence-corrected chi connectivity index (χ2v) is 9.72. The summed E-state index contributed by atoms with van der Waals surface area (Å²) in [6.45, 7) is 0. The second-order valence-electron chi connectivity index (χ2n) is 9.72. The van der Waals surface area contributed by atoms with Gasteiger partial charge < -0.3 is 0 Å². The monoisotopic (exact) mass is 416 g/mol. The molecule has 3 aliphatic rings. The largest absolute Gasteiger partial charge is 0.139 e. The first-order valence-electron chi connectivity index (χ1n) is 11.8. The van der Waals surface area contributed by atoms with Gasteiger partial charge in [-0.3, -0.25) is 0 Å². The maximum Gasteiger partial charge on any atom is 0.139 e. The highest BCUT2D eigenvalue weighted by Gasteiger charge is 2.53. The van der Waals surface area contributed by atoms with Gasteiger partial charge in [0, 0.05) is 5.92 Å². The van der Waals surface area contributed by atoms with Crippen molar-refractivity contribution in [2.45, 2.75) is 11.3 Å². The van der Waals surface area contributed by atoms with Crippen LogP contribution in [0.15, 0.2) is 109 Å². The first kappa shape index (κ1) is 17.7. The van der Waals surface area contributed by atoms with Crippen LogP contribution in [0.4, 0.5) is 0 Å². The Morgan fingerprint density at radius 2 is 1.12 bits per heavy atom. The molecule has 0 radical (unpaired) electrons. The summed E-state index contributed by atoms with van der Waals surface area (Å²) in [4.78, 5) is 0. The molecule has 5 aromatic rings. The SMILES string of the molecule is Bc1ccc2c(c1)C1(c3ccccc3-2)c2ccccc2C2c3ccccc3-c3cccc1c32. The highest BCUT2D eigenvalue weighted by atomic mass is 14.5. The van der Waals surface area contributed by atoms with Crippen molar-refractivity contribution < 1.29 is 0 Å². The van der Waals surface area contributed by atoms with Gasteiger partial charge in [-0.05, 0) is 61.2 Å². The number of hydrogen-bond acceptors (Lipinski definition) is 0. The average molecular weight is 416 g/mol. The molecule has 1 spiro atoms. The lowest BCUT2D eigenvalue weighted by atomic mass is 9.59. The van der Waals surface area contributed by atoms with E-state index in [1.54, 1.807) is 0 Å². The number of hydrogen-bond donors (Lipinski definition) is 0. The van der Waals surface area contributed by atoms with Crippen LogP contribution in [0.1, 0.15) is 44.9 Å². The van der Waals surface area contributed by atoms with Crippen molar-refractivity contribution in [3.05, 3.63) is 148 Å². The summed E-state index contributed by atoms with van der Waals surface area (Å²) in [5.74, 6) is 0.301. The summed E-state index contributed by atoms with van der Waals surface area (Å²) in [6, 6.07) is 41.4. The van der Waals surface area contributed by atoms with Crippen LogP contribution in [-0.4, -0.2) is 7.85 Å². The van der Waals surface area contributed by atoms with Crippen LogP contribution in [-0.2, 0) is 5.41 Å². The van der Waals surface area contributed by atoms with Gasteiger partial charge in [0.05, 0.1) is 5.41 Å². The lowest BCUT2D eigenvalue weighted by molar-refractivity contribution is 0.704. The molecule has 0 nitrogen and oxygen atoms in total. The second kappa shape index (κ2) is 5.94. The lowest BCUT2D eigenvalue weighted by Crippen LogP contribution is -2.35. The van der Waals surface area contributed by atoms with Crippen molar-refractivity contribution in [3.63, 3.8) is 0 Å². The minimum absolute atomic E-state index is 0.279. The van der Waals surface area contributed by atoms with Crippen LogP contribution in [0.25, 0.3) is 22.3 Å². The molecule has 2 atom stereocenters. The van der Waals surface area contributed by atoms with E-state index in [1.165, 1.54) is 66.7 Å². The van der Waals surface area contributed by atoms with E-state index in [2.05, 4.69) is 117 Å². The summed E-state index contributed by atoms with van der Waals surface area (Å²) in [5, 5.41) is 0. The average Bonchev–Trinajstić information content (AvgIpc) is 3.35. The van der Waals surface area contributed by atoms with Gasteiger partial charge >= 0.3 is 0 Å². The molecule has 8 rings (SSSR count). The highest BCUT2D eigenvalue weighted by molar-refractivity contribution is 6.32. The van der Waals surface area contributed by atoms with Crippen molar-refractivity contribution in [2.75, 3.05) is 0 Å². The van der Waals surface area contributed by atoms with E-state index >= 15 is 0 Å². The predicted octanol–water partition coefficient (Wildman–Crippen LogP) is 5.78. The molecule has 3 aliphatic carbocycles. The van der Waals surface area contributed by atoms with Crippen LogP contribution in [0, 0.1) is 0 Å². The third-order valence-corrected chi connectivity index (χ3v) is 8.24. The fourth-order valence-electron chi connectivity index (χ4n) is 7.12. The van der Waals surface area contributed by atoms with E-state index in [1.807, 2.05) is 0 Å². The van der Waals surface area contributed by atoms with Gasteiger partial charge in [-0.1, -0.05) is 115 Å². The Hall–Kier alpha value is -3.84. The fourth-order valence-corrected chi connectivity index (χ4v) is 7.12. The molecule has 33 heavy (non-hydrogen) atoms. The van der Waals surface area contributed by atoms with Gasteiger partial charge in [0.1, 0.15) is 7.85 Å². The fraction of sp³-hybridized carbons (Fsp3) is 0.0625. The summed E-state index contributed by atoms with van der Waals surface area (Å²) in [7, 11) is 2.22. The van der Waals surface area contributed by atoms with Gasteiger partial charge in [0.25, 0.3) is 0 Å². The molecule has 0 heterocycles. The van der Waals surface area contributed by atoms with Crippen LogP contribution >= 0.6 is 0 Å². The molecule has 5 aromatic carbocycles. The Labute approximate surface area is 195 Å². The third kappa shape index (κ3) is 1.92. The molecule has 0 fully saturated rings. The van der Waals surface area contributed by atoms with Gasteiger partial charge in [-0.25, -0.2) is 0 Å². The molecular weight excluding hydrogens is 395 g/mol. The van der Waals surface area contributed by atoms with Gasteiger partial charge in [0.2, 0.25) is 0 Å². The van der Waals surface area contributed by atoms with Crippen molar-refractivity contribution >= 4 is 13.3 Å². The topological polar surface area (TPSA) is 0 Å². The summed E-state index contributed by atoms with van der Waals surface area (Å²) < 4.78 is 0. The number of fused-ring (bicyclic) bond motifs is 12. The van der Waals surface area contributed by atoms with Crippen molar-refractivity contribution in [1.82, 2.24) is 0 Å². The molecule has 0 aromatic heterocycles. The number of benzene rings is 5. The quantitative estimate of drug-likeness (QED) is 0.275. The molecule has 0 N–H and O–H groups in total. The van der Waals surface area contributed by atoms with Crippen molar-refractivity contribution in [1.29, 1.82) is 0 Å². The van der Waals surface area contributed by atoms with Crippen LogP contribution < -0.4 is 5.46 Å². The smallest absolute Gasteiger partial charge is 0.0886 e. The Bertz CT molecular complexity index is 1640. The van der Waals surface area contributed by atoms with E-state index in [9.17, 15) is 0 Å². The zero-order chi connectivity index (χ0) is 21.7. The van der Waals surface area contributed by atoms with E-state index in [0.717, 1.165) is 0 Å². The van der Waals surface area contributed by atoms with Gasteiger partial charge in [0.15, 0.2) is 0 Å². The molecule has 1 heteroatoms. The first-order valence-corrected chi connectivity index (χ1v) is 11.8. The molecule has 2 unspecified atom stereocenters. The molecule has 0 amide bonds. The molecule has 152 valence electrons. The summed E-state index contributed by atoms with van der Waals surface area (Å²) in [6.07, 6.45) is 0. The van der Waals surface area contributed by atoms with E-state index in [4.69, 9.17) is 0 Å². The van der Waals surface area contributed by atoms with Crippen LogP contribution in [0.2, 0.25) is 0 Å². The number of rotatable bonds is 0. The third-order valence-electron chi connectivity index (χ3n) is 8.24. The molecule has 0 saturated carbocycles. The molecular formula is C32H21B. The Kier molecular flexibility index (Phi) is 3.18. The minimum Gasteiger partial charge on any atom is -0.0886 e. The summed E-state index contributed by atoms with van der Waals surface area (Å²) in [5.41, 5.74) is 16.7. The van der Waals surface area contributed by atoms with E-state index in [-0.39, 0.29) is 5.41 Å². The summed E-state index contributed by atoms with van der Waals surface area (Å²) >= 11 is 0. The molecule has 0 saturated heterocycles. The molecule has 0 aliphatic heterocycles. The van der Waals surface area contributed by atoms with Crippen LogP contribution in [0.3, 0.4) is 0 Å². The highest BCUT2D eigenvalue weighted by Crippen LogP contribution is 2.64. The Morgan fingerprint density at radius 3 is 2.00 bits per heavy atom. The zero-order valence-electron chi connectivity index (χ0n) is 18.5. The standard InChI is InChI=1S/C32H21B/c33-19-16-17-22-21-9-3-5-13-26(21)32(29(22)18-19)27-14-6-4-11-25(27)30-23-10-2-1-8-20(23)24-12-7-15-28(32)31(24)30/h1-18,30H,33H2. The Balaban J connectivity index is 1.62. The zero-order valence-corrected chi connectivity index (χ0v) is 18.5. The minimum atomic E-state index is -0.279. The van der Waals surface area contributed by atoms with Gasteiger partial charge in [-0.2, -0.15) is 0 Å². The maximum atomic E-state index is 2.44. The normalized spacial score (nSPS) is 20.1. The first-order chi connectivity index (χ1) is 16.3. The lowest BCUT2D eigenvalue weighted by Gasteiger charge is -2.42. The molecule has 0 bridgehead atoms. The van der Waals surface area contributed by atoms with Crippen LogP contribution in [0.5, 0.6) is 0 Å².